The van der Waals surface area contributed by atoms with Crippen LogP contribution in [0.1, 0.15) is 24.5 Å². The van der Waals surface area contributed by atoms with Crippen LogP contribution in [-0.4, -0.2) is 28.0 Å². The number of fused-ring (bicyclic) bond motifs is 1. The number of nitrogens with zero attached hydrogens (tertiary/aromatic N) is 3. The van der Waals surface area contributed by atoms with Gasteiger partial charge in [0.05, 0.1) is 34.7 Å². The van der Waals surface area contributed by atoms with Crippen molar-refractivity contribution in [3.05, 3.63) is 53.2 Å². The number of aromatic nitrogens is 3. The van der Waals surface area contributed by atoms with Crippen molar-refractivity contribution in [3.8, 4) is 5.69 Å². The van der Waals surface area contributed by atoms with Crippen molar-refractivity contribution in [1.82, 2.24) is 14.8 Å². The van der Waals surface area contributed by atoms with Crippen LogP contribution in [-0.2, 0) is 4.74 Å². The molecule has 0 spiro atoms. The largest absolute Gasteiger partial charge is 0.381 e. The first kappa shape index (κ1) is 14.6. The van der Waals surface area contributed by atoms with Crippen LogP contribution in [0.15, 0.2) is 36.7 Å². The molecule has 1 aliphatic rings. The SMILES string of the molecule is Fc1cncc2c1c(C1CCOCC1)nn2-c1ccc(Cl)cc1. The molecule has 3 heterocycles. The lowest BCUT2D eigenvalue weighted by molar-refractivity contribution is 0.0846. The van der Waals surface area contributed by atoms with Gasteiger partial charge >= 0.3 is 0 Å². The van der Waals surface area contributed by atoms with E-state index >= 15 is 0 Å². The van der Waals surface area contributed by atoms with Gasteiger partial charge in [-0.15, -0.1) is 0 Å². The molecule has 0 atom stereocenters. The van der Waals surface area contributed by atoms with E-state index in [1.807, 2.05) is 12.1 Å². The molecule has 118 valence electrons. The summed E-state index contributed by atoms with van der Waals surface area (Å²) in [6.07, 6.45) is 4.62. The Morgan fingerprint density at radius 2 is 1.87 bits per heavy atom. The highest BCUT2D eigenvalue weighted by Gasteiger charge is 2.25. The van der Waals surface area contributed by atoms with E-state index in [0.717, 1.165) is 24.2 Å². The molecular formula is C17H15ClFN3O. The van der Waals surface area contributed by atoms with Gasteiger partial charge in [-0.05, 0) is 37.1 Å². The number of benzene rings is 1. The summed E-state index contributed by atoms with van der Waals surface area (Å²) in [4.78, 5) is 3.99. The van der Waals surface area contributed by atoms with E-state index in [-0.39, 0.29) is 11.7 Å². The minimum Gasteiger partial charge on any atom is -0.381 e. The maximum Gasteiger partial charge on any atom is 0.152 e. The van der Waals surface area contributed by atoms with E-state index in [1.54, 1.807) is 23.0 Å². The number of ether oxygens (including phenoxy) is 1. The molecule has 0 amide bonds. The van der Waals surface area contributed by atoms with Crippen LogP contribution >= 0.6 is 11.6 Å². The second kappa shape index (κ2) is 5.91. The van der Waals surface area contributed by atoms with Crippen molar-refractivity contribution < 1.29 is 9.13 Å². The molecule has 23 heavy (non-hydrogen) atoms. The molecule has 1 aliphatic heterocycles. The van der Waals surface area contributed by atoms with E-state index < -0.39 is 0 Å². The average Bonchev–Trinajstić information content (AvgIpc) is 2.97. The van der Waals surface area contributed by atoms with Gasteiger partial charge in [0.25, 0.3) is 0 Å². The van der Waals surface area contributed by atoms with Crippen LogP contribution in [0.4, 0.5) is 4.39 Å². The van der Waals surface area contributed by atoms with Crippen LogP contribution < -0.4 is 0 Å². The van der Waals surface area contributed by atoms with Crippen LogP contribution in [0.3, 0.4) is 0 Å². The van der Waals surface area contributed by atoms with Crippen molar-refractivity contribution >= 4 is 22.5 Å². The second-order valence-electron chi connectivity index (χ2n) is 5.68. The number of halogens is 2. The maximum absolute atomic E-state index is 14.4. The lowest BCUT2D eigenvalue weighted by Gasteiger charge is -2.20. The summed E-state index contributed by atoms with van der Waals surface area (Å²) >= 11 is 5.95. The predicted octanol–water partition coefficient (Wildman–Crippen LogP) is 4.11. The van der Waals surface area contributed by atoms with E-state index in [9.17, 15) is 4.39 Å². The summed E-state index contributed by atoms with van der Waals surface area (Å²) in [6.45, 7) is 1.37. The highest BCUT2D eigenvalue weighted by molar-refractivity contribution is 6.30. The fourth-order valence-corrected chi connectivity index (χ4v) is 3.21. The number of hydrogen-bond donors (Lipinski definition) is 0. The zero-order chi connectivity index (χ0) is 15.8. The van der Waals surface area contributed by atoms with E-state index in [2.05, 4.69) is 4.98 Å². The molecule has 0 bridgehead atoms. The molecule has 3 aromatic rings. The summed E-state index contributed by atoms with van der Waals surface area (Å²) in [6, 6.07) is 7.33. The van der Waals surface area contributed by atoms with Gasteiger partial charge < -0.3 is 4.74 Å². The maximum atomic E-state index is 14.4. The third-order valence-electron chi connectivity index (χ3n) is 4.25. The van der Waals surface area contributed by atoms with Crippen LogP contribution in [0.25, 0.3) is 16.6 Å². The second-order valence-corrected chi connectivity index (χ2v) is 6.11. The van der Waals surface area contributed by atoms with Crippen molar-refractivity contribution in [3.63, 3.8) is 0 Å². The smallest absolute Gasteiger partial charge is 0.152 e. The molecular weight excluding hydrogens is 317 g/mol. The average molecular weight is 332 g/mol. The Hall–Kier alpha value is -1.98. The first-order valence-electron chi connectivity index (χ1n) is 7.60. The Bertz CT molecular complexity index is 841. The van der Waals surface area contributed by atoms with E-state index in [4.69, 9.17) is 21.4 Å². The number of pyridine rings is 1. The molecule has 4 nitrogen and oxygen atoms in total. The molecule has 4 rings (SSSR count). The van der Waals surface area contributed by atoms with Gasteiger partial charge in [-0.25, -0.2) is 9.07 Å². The van der Waals surface area contributed by atoms with Crippen molar-refractivity contribution in [2.24, 2.45) is 0 Å². The van der Waals surface area contributed by atoms with Crippen LogP contribution in [0.2, 0.25) is 5.02 Å². The van der Waals surface area contributed by atoms with Gasteiger partial charge in [0.15, 0.2) is 5.82 Å². The van der Waals surface area contributed by atoms with Crippen molar-refractivity contribution in [2.45, 2.75) is 18.8 Å². The van der Waals surface area contributed by atoms with E-state index in [1.165, 1.54) is 6.20 Å². The number of hydrogen-bond acceptors (Lipinski definition) is 3. The zero-order valence-corrected chi connectivity index (χ0v) is 13.1. The Morgan fingerprint density at radius 3 is 2.61 bits per heavy atom. The summed E-state index contributed by atoms with van der Waals surface area (Å²) < 4.78 is 21.6. The monoisotopic (exact) mass is 331 g/mol. The summed E-state index contributed by atoms with van der Waals surface area (Å²) in [5, 5.41) is 5.92. The third-order valence-corrected chi connectivity index (χ3v) is 4.50. The van der Waals surface area contributed by atoms with Gasteiger partial charge in [0.2, 0.25) is 0 Å². The topological polar surface area (TPSA) is 39.9 Å². The Labute approximate surface area is 137 Å². The van der Waals surface area contributed by atoms with Gasteiger partial charge in [0.1, 0.15) is 0 Å². The Kier molecular flexibility index (Phi) is 3.75. The Balaban J connectivity index is 1.91. The quantitative estimate of drug-likeness (QED) is 0.709. The van der Waals surface area contributed by atoms with Gasteiger partial charge in [0, 0.05) is 24.2 Å². The normalized spacial score (nSPS) is 16.1. The minimum atomic E-state index is -0.329. The van der Waals surface area contributed by atoms with Crippen molar-refractivity contribution in [1.29, 1.82) is 0 Å². The predicted molar refractivity (Wildman–Crippen MR) is 86.6 cm³/mol. The molecule has 1 fully saturated rings. The third kappa shape index (κ3) is 2.60. The summed E-state index contributed by atoms with van der Waals surface area (Å²) in [7, 11) is 0. The first-order chi connectivity index (χ1) is 11.2. The lowest BCUT2D eigenvalue weighted by atomic mass is 9.94. The molecule has 0 saturated carbocycles. The minimum absolute atomic E-state index is 0.205. The molecule has 1 saturated heterocycles. The summed E-state index contributed by atoms with van der Waals surface area (Å²) in [5.74, 6) is -0.124. The van der Waals surface area contributed by atoms with Crippen LogP contribution in [0, 0.1) is 5.82 Å². The van der Waals surface area contributed by atoms with Crippen LogP contribution in [0.5, 0.6) is 0 Å². The Morgan fingerprint density at radius 1 is 1.13 bits per heavy atom. The highest BCUT2D eigenvalue weighted by atomic mass is 35.5. The standard InChI is InChI=1S/C17H15ClFN3O/c18-12-1-3-13(4-2-12)22-15-10-20-9-14(19)16(15)17(21-22)11-5-7-23-8-6-11/h1-4,9-11H,5-8H2. The molecule has 0 unspecified atom stereocenters. The van der Waals surface area contributed by atoms with Crippen molar-refractivity contribution in [2.75, 3.05) is 13.2 Å². The zero-order valence-electron chi connectivity index (χ0n) is 12.4. The molecule has 2 aromatic heterocycles. The van der Waals surface area contributed by atoms with Gasteiger partial charge in [-0.3, -0.25) is 4.98 Å². The summed E-state index contributed by atoms with van der Waals surface area (Å²) in [5.41, 5.74) is 2.30. The van der Waals surface area contributed by atoms with E-state index in [0.29, 0.717) is 29.1 Å². The molecule has 6 heteroatoms. The highest BCUT2D eigenvalue weighted by Crippen LogP contribution is 2.34. The fourth-order valence-electron chi connectivity index (χ4n) is 3.09. The molecule has 0 aliphatic carbocycles. The fraction of sp³-hybridized carbons (Fsp3) is 0.294. The van der Waals surface area contributed by atoms with Gasteiger partial charge in [-0.2, -0.15) is 5.10 Å². The molecule has 0 radical (unpaired) electrons. The molecule has 0 N–H and O–H groups in total. The molecule has 1 aromatic carbocycles. The number of rotatable bonds is 2. The van der Waals surface area contributed by atoms with Gasteiger partial charge in [-0.1, -0.05) is 11.6 Å². The first-order valence-corrected chi connectivity index (χ1v) is 7.97. The lowest BCUT2D eigenvalue weighted by Crippen LogP contribution is -2.15.